The normalized spacial score (nSPS) is 11.3. The van der Waals surface area contributed by atoms with Crippen LogP contribution in [0.3, 0.4) is 0 Å². The van der Waals surface area contributed by atoms with Gasteiger partial charge in [-0.25, -0.2) is 0 Å². The van der Waals surface area contributed by atoms with Gasteiger partial charge in [0.1, 0.15) is 5.58 Å². The minimum atomic E-state index is 0.840. The maximum atomic E-state index is 7.12. The van der Waals surface area contributed by atoms with E-state index in [0.29, 0.717) is 0 Å². The van der Waals surface area contributed by atoms with E-state index in [9.17, 15) is 0 Å². The fourth-order valence-corrected chi connectivity index (χ4v) is 8.68. The minimum absolute atomic E-state index is 0.840. The molecule has 0 fully saturated rings. The van der Waals surface area contributed by atoms with Gasteiger partial charge in [0.05, 0.1) is 5.69 Å². The highest BCUT2D eigenvalue weighted by Gasteiger charge is 2.23. The van der Waals surface area contributed by atoms with Crippen LogP contribution in [0.1, 0.15) is 0 Å². The third kappa shape index (κ3) is 6.41. The molecule has 0 unspecified atom stereocenters. The number of fused-ring (bicyclic) bond motifs is 4. The number of nitrogens with zero attached hydrogens (tertiary/aromatic N) is 1. The van der Waals surface area contributed by atoms with Crippen LogP contribution < -0.4 is 4.90 Å². The van der Waals surface area contributed by atoms with Gasteiger partial charge in [-0.3, -0.25) is 0 Å². The van der Waals surface area contributed by atoms with Gasteiger partial charge in [-0.1, -0.05) is 194 Å². The van der Waals surface area contributed by atoms with Crippen molar-refractivity contribution >= 4 is 49.8 Å². The molecule has 1 heterocycles. The van der Waals surface area contributed by atoms with Crippen molar-refractivity contribution in [1.82, 2.24) is 0 Å². The van der Waals surface area contributed by atoms with Crippen LogP contribution in [0, 0.1) is 0 Å². The van der Waals surface area contributed by atoms with Crippen molar-refractivity contribution in [2.45, 2.75) is 0 Å². The molecule has 60 heavy (non-hydrogen) atoms. The average molecular weight is 766 g/mol. The molecule has 0 aliphatic carbocycles. The van der Waals surface area contributed by atoms with E-state index in [1.807, 2.05) is 0 Å². The van der Waals surface area contributed by atoms with Crippen LogP contribution >= 0.6 is 0 Å². The average Bonchev–Trinajstić information content (AvgIpc) is 3.72. The van der Waals surface area contributed by atoms with Crippen molar-refractivity contribution in [2.24, 2.45) is 0 Å². The molecule has 0 N–H and O–H groups in total. The lowest BCUT2D eigenvalue weighted by atomic mass is 9.94. The van der Waals surface area contributed by atoms with Crippen LogP contribution in [0.25, 0.3) is 88.3 Å². The van der Waals surface area contributed by atoms with E-state index in [1.165, 1.54) is 38.6 Å². The Morgan fingerprint density at radius 2 is 0.733 bits per heavy atom. The molecule has 0 saturated heterocycles. The van der Waals surface area contributed by atoms with Crippen LogP contribution in [-0.4, -0.2) is 0 Å². The van der Waals surface area contributed by atoms with E-state index in [2.05, 4.69) is 241 Å². The van der Waals surface area contributed by atoms with E-state index < -0.39 is 0 Å². The third-order valence-electron chi connectivity index (χ3n) is 11.7. The van der Waals surface area contributed by atoms with Gasteiger partial charge >= 0.3 is 0 Å². The van der Waals surface area contributed by atoms with E-state index in [1.54, 1.807) is 0 Å². The summed E-state index contributed by atoms with van der Waals surface area (Å²) in [5.74, 6) is 0. The van der Waals surface area contributed by atoms with Gasteiger partial charge in [-0.15, -0.1) is 0 Å². The predicted octanol–water partition coefficient (Wildman–Crippen LogP) is 16.5. The van der Waals surface area contributed by atoms with Crippen LogP contribution in [0.5, 0.6) is 0 Å². The van der Waals surface area contributed by atoms with Crippen LogP contribution in [0.15, 0.2) is 241 Å². The van der Waals surface area contributed by atoms with Crippen molar-refractivity contribution in [3.63, 3.8) is 0 Å². The van der Waals surface area contributed by atoms with E-state index >= 15 is 0 Å². The number of hydrogen-bond donors (Lipinski definition) is 0. The SMILES string of the molecule is c1ccc(-c2ccc(N(c3ccc(-c4ccc5cccc(-c6ccccc6)c5c4)cc3)c3cc(-c4ccccc4)cc4c3oc3c(-c5ccccc5)cccc34)cc2)cc1. The quantitative estimate of drug-likeness (QED) is 0.153. The number of benzene rings is 10. The predicted molar refractivity (Wildman–Crippen MR) is 253 cm³/mol. The minimum Gasteiger partial charge on any atom is -0.453 e. The molecule has 11 rings (SSSR count). The number of anilines is 3. The summed E-state index contributed by atoms with van der Waals surface area (Å²) in [5, 5.41) is 4.63. The summed E-state index contributed by atoms with van der Waals surface area (Å²) in [6.45, 7) is 0. The van der Waals surface area contributed by atoms with Crippen LogP contribution in [0.4, 0.5) is 17.1 Å². The fraction of sp³-hybridized carbons (Fsp3) is 0. The number of hydrogen-bond acceptors (Lipinski definition) is 2. The smallest absolute Gasteiger partial charge is 0.159 e. The maximum absolute atomic E-state index is 7.12. The zero-order valence-electron chi connectivity index (χ0n) is 32.9. The highest BCUT2D eigenvalue weighted by molar-refractivity contribution is 6.15. The monoisotopic (exact) mass is 765 g/mol. The van der Waals surface area contributed by atoms with Gasteiger partial charge in [0.2, 0.25) is 0 Å². The van der Waals surface area contributed by atoms with Gasteiger partial charge in [0.25, 0.3) is 0 Å². The first-order valence-corrected chi connectivity index (χ1v) is 20.5. The van der Waals surface area contributed by atoms with Crippen molar-refractivity contribution in [2.75, 3.05) is 4.90 Å². The topological polar surface area (TPSA) is 16.4 Å². The summed E-state index contributed by atoms with van der Waals surface area (Å²) < 4.78 is 7.12. The van der Waals surface area contributed by atoms with Gasteiger partial charge < -0.3 is 9.32 Å². The Morgan fingerprint density at radius 3 is 1.35 bits per heavy atom. The molecule has 0 atom stereocenters. The van der Waals surface area contributed by atoms with E-state index in [0.717, 1.165) is 66.8 Å². The molecule has 10 aromatic carbocycles. The Morgan fingerprint density at radius 1 is 0.267 bits per heavy atom. The Bertz CT molecular complexity index is 3260. The number of rotatable bonds is 8. The van der Waals surface area contributed by atoms with Gasteiger partial charge in [0, 0.05) is 27.7 Å². The summed E-state index contributed by atoms with van der Waals surface area (Å²) in [6, 6.07) is 84.7. The zero-order valence-corrected chi connectivity index (χ0v) is 32.9. The zero-order chi connectivity index (χ0) is 39.8. The second-order valence-corrected chi connectivity index (χ2v) is 15.3. The summed E-state index contributed by atoms with van der Waals surface area (Å²) >= 11 is 0. The molecule has 282 valence electrons. The Balaban J connectivity index is 1.11. The van der Waals surface area contributed by atoms with Gasteiger partial charge in [-0.2, -0.15) is 0 Å². The lowest BCUT2D eigenvalue weighted by molar-refractivity contribution is 0.670. The van der Waals surface area contributed by atoms with Crippen LogP contribution in [-0.2, 0) is 0 Å². The lowest BCUT2D eigenvalue weighted by Gasteiger charge is -2.26. The largest absolute Gasteiger partial charge is 0.453 e. The Hall–Kier alpha value is -7.94. The molecular weight excluding hydrogens is 727 g/mol. The van der Waals surface area contributed by atoms with Crippen LogP contribution in [0.2, 0.25) is 0 Å². The number of para-hydroxylation sites is 1. The fourth-order valence-electron chi connectivity index (χ4n) is 8.68. The second kappa shape index (κ2) is 15.1. The van der Waals surface area contributed by atoms with Gasteiger partial charge in [0.15, 0.2) is 5.58 Å². The maximum Gasteiger partial charge on any atom is 0.159 e. The second-order valence-electron chi connectivity index (χ2n) is 15.3. The molecule has 2 heteroatoms. The Labute approximate surface area is 349 Å². The molecular formula is C58H39NO. The third-order valence-corrected chi connectivity index (χ3v) is 11.7. The first-order chi connectivity index (χ1) is 29.7. The molecule has 0 radical (unpaired) electrons. The van der Waals surface area contributed by atoms with Crippen molar-refractivity contribution < 1.29 is 4.42 Å². The molecule has 1 aromatic heterocycles. The summed E-state index contributed by atoms with van der Waals surface area (Å²) in [7, 11) is 0. The molecule has 11 aromatic rings. The molecule has 0 spiro atoms. The van der Waals surface area contributed by atoms with Crippen molar-refractivity contribution in [3.05, 3.63) is 237 Å². The first-order valence-electron chi connectivity index (χ1n) is 20.5. The van der Waals surface area contributed by atoms with E-state index in [4.69, 9.17) is 4.42 Å². The van der Waals surface area contributed by atoms with E-state index in [-0.39, 0.29) is 0 Å². The molecule has 0 aliphatic rings. The molecule has 0 amide bonds. The molecule has 0 bridgehead atoms. The van der Waals surface area contributed by atoms with Crippen molar-refractivity contribution in [1.29, 1.82) is 0 Å². The molecule has 0 aliphatic heterocycles. The summed E-state index contributed by atoms with van der Waals surface area (Å²) in [4.78, 5) is 2.35. The van der Waals surface area contributed by atoms with Crippen molar-refractivity contribution in [3.8, 4) is 55.6 Å². The molecule has 0 saturated carbocycles. The Kier molecular flexibility index (Phi) is 8.87. The molecule has 2 nitrogen and oxygen atoms in total. The first kappa shape index (κ1) is 35.2. The highest BCUT2D eigenvalue weighted by atomic mass is 16.3. The standard InChI is InChI=1S/C58H39NO/c1-5-15-40(16-6-1)42-29-33-49(34-30-42)59(50-35-31-43(32-36-50)47-28-27-46-23-13-24-51(54(46)37-47)44-19-9-3-10-20-44)56-39-48(41-17-7-2-8-18-41)38-55-53-26-14-25-52(57(53)60-58(55)56)45-21-11-4-12-22-45/h1-39H. The lowest BCUT2D eigenvalue weighted by Crippen LogP contribution is -2.10. The van der Waals surface area contributed by atoms with Gasteiger partial charge in [-0.05, 0) is 103 Å². The number of furan rings is 1. The summed E-state index contributed by atoms with van der Waals surface area (Å²) in [5.41, 5.74) is 16.4. The summed E-state index contributed by atoms with van der Waals surface area (Å²) in [6.07, 6.45) is 0. The highest BCUT2D eigenvalue weighted by Crippen LogP contribution is 2.47.